The Hall–Kier alpha value is -2.21. The molecule has 1 fully saturated rings. The van der Waals surface area contributed by atoms with Crippen LogP contribution in [-0.4, -0.2) is 34.0 Å². The first kappa shape index (κ1) is 12.5. The molecule has 1 amide bonds. The Morgan fingerprint density at radius 3 is 2.90 bits per heavy atom. The lowest BCUT2D eigenvalue weighted by Gasteiger charge is -2.12. The van der Waals surface area contributed by atoms with Crippen molar-refractivity contribution in [3.8, 4) is 10.7 Å². The number of carbonyl (C=O) groups is 1. The second kappa shape index (κ2) is 4.96. The minimum atomic E-state index is 0.0732. The molecule has 0 aliphatic carbocycles. The number of para-hydroxylation sites is 1. The molecule has 3 aromatic rings. The summed E-state index contributed by atoms with van der Waals surface area (Å²) in [4.78, 5) is 19.2. The molecule has 0 N–H and O–H groups in total. The molecule has 3 heterocycles. The van der Waals surface area contributed by atoms with Gasteiger partial charge in [-0.1, -0.05) is 17.3 Å². The molecule has 0 radical (unpaired) electrons. The van der Waals surface area contributed by atoms with Gasteiger partial charge < -0.3 is 9.42 Å². The molecule has 2 aromatic heterocycles. The maximum absolute atomic E-state index is 12.3. The van der Waals surface area contributed by atoms with Gasteiger partial charge in [0.15, 0.2) is 5.58 Å². The summed E-state index contributed by atoms with van der Waals surface area (Å²) in [5.74, 6) is 0.0732. The van der Waals surface area contributed by atoms with Gasteiger partial charge in [-0.2, -0.15) is 0 Å². The maximum atomic E-state index is 12.3. The Morgan fingerprint density at radius 1 is 1.24 bits per heavy atom. The number of likely N-dealkylation sites (tertiary alicyclic amines) is 1. The summed E-state index contributed by atoms with van der Waals surface area (Å²) < 4.78 is 5.29. The van der Waals surface area contributed by atoms with Crippen molar-refractivity contribution >= 4 is 28.2 Å². The molecule has 4 rings (SSSR count). The largest absolute Gasteiger partial charge is 0.356 e. The highest BCUT2D eigenvalue weighted by molar-refractivity contribution is 7.17. The fourth-order valence-corrected chi connectivity index (χ4v) is 3.48. The highest BCUT2D eigenvalue weighted by atomic mass is 32.1. The van der Waals surface area contributed by atoms with Gasteiger partial charge in [0.25, 0.3) is 5.91 Å². The first-order chi connectivity index (χ1) is 10.3. The van der Waals surface area contributed by atoms with E-state index in [0.29, 0.717) is 10.6 Å². The predicted octanol–water partition coefficient (Wildman–Crippen LogP) is 3.19. The Labute approximate surface area is 125 Å². The van der Waals surface area contributed by atoms with Crippen molar-refractivity contribution in [1.29, 1.82) is 0 Å². The van der Waals surface area contributed by atoms with Crippen LogP contribution in [0.1, 0.15) is 22.5 Å². The van der Waals surface area contributed by atoms with Gasteiger partial charge in [0.1, 0.15) is 15.6 Å². The lowest BCUT2D eigenvalue weighted by molar-refractivity contribution is 0.0797. The van der Waals surface area contributed by atoms with Crippen molar-refractivity contribution in [2.45, 2.75) is 12.8 Å². The number of nitrogens with zero attached hydrogens (tertiary/aromatic N) is 3. The van der Waals surface area contributed by atoms with Gasteiger partial charge in [-0.05, 0) is 25.0 Å². The number of amides is 1. The molecule has 1 aliphatic heterocycles. The molecule has 1 aliphatic rings. The fourth-order valence-electron chi connectivity index (χ4n) is 2.60. The highest BCUT2D eigenvalue weighted by Crippen LogP contribution is 2.31. The van der Waals surface area contributed by atoms with Gasteiger partial charge in [0.05, 0.1) is 11.6 Å². The normalized spacial score (nSPS) is 15.0. The second-order valence-electron chi connectivity index (χ2n) is 5.06. The summed E-state index contributed by atoms with van der Waals surface area (Å²) in [7, 11) is 0. The van der Waals surface area contributed by atoms with Crippen LogP contribution >= 0.6 is 11.3 Å². The summed E-state index contributed by atoms with van der Waals surface area (Å²) in [6.45, 7) is 1.69. The van der Waals surface area contributed by atoms with Gasteiger partial charge in [-0.3, -0.25) is 4.79 Å². The number of thiazole rings is 1. The van der Waals surface area contributed by atoms with E-state index in [9.17, 15) is 4.79 Å². The van der Waals surface area contributed by atoms with Crippen LogP contribution in [0.2, 0.25) is 0 Å². The fraction of sp³-hybridized carbons (Fsp3) is 0.267. The smallest absolute Gasteiger partial charge is 0.265 e. The van der Waals surface area contributed by atoms with Crippen LogP contribution < -0.4 is 0 Å². The molecule has 0 spiro atoms. The van der Waals surface area contributed by atoms with Crippen molar-refractivity contribution in [3.05, 3.63) is 35.3 Å². The zero-order valence-electron chi connectivity index (χ0n) is 11.3. The lowest BCUT2D eigenvalue weighted by atomic mass is 10.2. The van der Waals surface area contributed by atoms with Crippen LogP contribution in [0.3, 0.4) is 0 Å². The van der Waals surface area contributed by atoms with Crippen molar-refractivity contribution in [2.75, 3.05) is 13.1 Å². The molecule has 5 nitrogen and oxygen atoms in total. The Kier molecular flexibility index (Phi) is 2.96. The van der Waals surface area contributed by atoms with E-state index in [1.165, 1.54) is 11.3 Å². The number of hydrogen-bond donors (Lipinski definition) is 0. The monoisotopic (exact) mass is 299 g/mol. The third-order valence-electron chi connectivity index (χ3n) is 3.69. The van der Waals surface area contributed by atoms with E-state index in [0.717, 1.165) is 41.9 Å². The van der Waals surface area contributed by atoms with Crippen molar-refractivity contribution in [3.63, 3.8) is 0 Å². The number of hydrogen-bond acceptors (Lipinski definition) is 5. The summed E-state index contributed by atoms with van der Waals surface area (Å²) in [6.07, 6.45) is 3.82. The van der Waals surface area contributed by atoms with Gasteiger partial charge in [-0.15, -0.1) is 11.3 Å². The molecule has 1 saturated heterocycles. The molecule has 21 heavy (non-hydrogen) atoms. The average molecular weight is 299 g/mol. The van der Waals surface area contributed by atoms with Gasteiger partial charge >= 0.3 is 0 Å². The third kappa shape index (κ3) is 2.12. The molecule has 106 valence electrons. The van der Waals surface area contributed by atoms with E-state index in [-0.39, 0.29) is 5.91 Å². The SMILES string of the molecule is O=C(c1cnc(-c2noc3ccccc23)s1)N1CCCC1. The van der Waals surface area contributed by atoms with Crippen LogP contribution in [0.4, 0.5) is 0 Å². The van der Waals surface area contributed by atoms with Crippen molar-refractivity contribution < 1.29 is 9.32 Å². The number of benzene rings is 1. The minimum absolute atomic E-state index is 0.0732. The van der Waals surface area contributed by atoms with Gasteiger partial charge in [0.2, 0.25) is 0 Å². The Morgan fingerprint density at radius 2 is 2.05 bits per heavy atom. The number of fused-ring (bicyclic) bond motifs is 1. The zero-order chi connectivity index (χ0) is 14.2. The average Bonchev–Trinajstić information content (AvgIpc) is 3.25. The van der Waals surface area contributed by atoms with Crippen LogP contribution in [0, 0.1) is 0 Å². The first-order valence-electron chi connectivity index (χ1n) is 6.93. The topological polar surface area (TPSA) is 59.2 Å². The highest BCUT2D eigenvalue weighted by Gasteiger charge is 2.22. The Balaban J connectivity index is 1.69. The molecule has 0 saturated carbocycles. The zero-order valence-corrected chi connectivity index (χ0v) is 12.1. The minimum Gasteiger partial charge on any atom is -0.356 e. The summed E-state index contributed by atoms with van der Waals surface area (Å²) in [5, 5.41) is 5.73. The molecular formula is C15H13N3O2S. The van der Waals surface area contributed by atoms with Crippen LogP contribution in [0.5, 0.6) is 0 Å². The predicted molar refractivity (Wildman–Crippen MR) is 80.3 cm³/mol. The number of carbonyl (C=O) groups excluding carboxylic acids is 1. The first-order valence-corrected chi connectivity index (χ1v) is 7.74. The van der Waals surface area contributed by atoms with Crippen LogP contribution in [0.15, 0.2) is 35.0 Å². The van der Waals surface area contributed by atoms with E-state index in [2.05, 4.69) is 10.1 Å². The molecule has 0 unspecified atom stereocenters. The van der Waals surface area contributed by atoms with Crippen LogP contribution in [0.25, 0.3) is 21.7 Å². The molecule has 0 bridgehead atoms. The maximum Gasteiger partial charge on any atom is 0.265 e. The summed E-state index contributed by atoms with van der Waals surface area (Å²) in [5.41, 5.74) is 1.44. The summed E-state index contributed by atoms with van der Waals surface area (Å²) >= 11 is 1.38. The third-order valence-corrected chi connectivity index (χ3v) is 4.68. The standard InChI is InChI=1S/C15H13N3O2S/c19-15(18-7-3-4-8-18)12-9-16-14(21-12)13-10-5-1-2-6-11(10)20-17-13/h1-2,5-6,9H,3-4,7-8H2. The van der Waals surface area contributed by atoms with E-state index in [4.69, 9.17) is 4.52 Å². The molecule has 1 aromatic carbocycles. The second-order valence-corrected chi connectivity index (χ2v) is 6.09. The van der Waals surface area contributed by atoms with Crippen molar-refractivity contribution in [2.24, 2.45) is 0 Å². The van der Waals surface area contributed by atoms with Crippen molar-refractivity contribution in [1.82, 2.24) is 15.0 Å². The molecule has 0 atom stereocenters. The van der Waals surface area contributed by atoms with Gasteiger partial charge in [-0.25, -0.2) is 4.98 Å². The number of aromatic nitrogens is 2. The van der Waals surface area contributed by atoms with E-state index in [1.807, 2.05) is 29.2 Å². The summed E-state index contributed by atoms with van der Waals surface area (Å²) in [6, 6.07) is 7.66. The van der Waals surface area contributed by atoms with Gasteiger partial charge in [0, 0.05) is 13.1 Å². The molecule has 6 heteroatoms. The van der Waals surface area contributed by atoms with E-state index in [1.54, 1.807) is 6.20 Å². The lowest BCUT2D eigenvalue weighted by Crippen LogP contribution is -2.26. The Bertz CT molecular complexity index is 802. The quantitative estimate of drug-likeness (QED) is 0.729. The number of rotatable bonds is 2. The van der Waals surface area contributed by atoms with E-state index >= 15 is 0 Å². The van der Waals surface area contributed by atoms with E-state index < -0.39 is 0 Å². The van der Waals surface area contributed by atoms with Crippen LogP contribution in [-0.2, 0) is 0 Å². The molecular weight excluding hydrogens is 286 g/mol.